The standard InChI is InChI=1S/C17H14BrF3N2O5/c1-3-28-15-7-10(13(23(25)26)8-14(15)27-2)16(24)22-9-4-5-12(18)11(6-9)17(19,20)21/h4-8H,3H2,1-2H3,(H,22,24). The highest BCUT2D eigenvalue weighted by Crippen LogP contribution is 2.37. The zero-order valence-electron chi connectivity index (χ0n) is 14.6. The largest absolute Gasteiger partial charge is 0.493 e. The molecule has 0 aliphatic heterocycles. The lowest BCUT2D eigenvalue weighted by Crippen LogP contribution is -2.15. The Kier molecular flexibility index (Phi) is 6.49. The number of nitro groups is 1. The summed E-state index contributed by atoms with van der Waals surface area (Å²) in [4.78, 5) is 23.1. The van der Waals surface area contributed by atoms with E-state index in [1.807, 2.05) is 0 Å². The second kappa shape index (κ2) is 8.46. The van der Waals surface area contributed by atoms with Gasteiger partial charge in [0.15, 0.2) is 11.5 Å². The molecule has 0 saturated heterocycles. The Morgan fingerprint density at radius 2 is 1.93 bits per heavy atom. The number of carbonyl (C=O) groups excluding carboxylic acids is 1. The molecule has 2 aromatic rings. The summed E-state index contributed by atoms with van der Waals surface area (Å²) < 4.78 is 49.2. The lowest BCUT2D eigenvalue weighted by Gasteiger charge is -2.13. The van der Waals surface area contributed by atoms with Crippen LogP contribution in [0.25, 0.3) is 0 Å². The average molecular weight is 463 g/mol. The predicted molar refractivity (Wildman–Crippen MR) is 97.9 cm³/mol. The fourth-order valence-corrected chi connectivity index (χ4v) is 2.80. The molecule has 28 heavy (non-hydrogen) atoms. The van der Waals surface area contributed by atoms with Crippen molar-refractivity contribution in [1.82, 2.24) is 0 Å². The number of benzene rings is 2. The maximum Gasteiger partial charge on any atom is 0.417 e. The van der Waals surface area contributed by atoms with Gasteiger partial charge in [0, 0.05) is 16.2 Å². The Labute approximate surface area is 165 Å². The SMILES string of the molecule is CCOc1cc(C(=O)Nc2ccc(Br)c(C(F)(F)F)c2)c([N+](=O)[O-])cc1OC. The first-order valence-electron chi connectivity index (χ1n) is 7.75. The van der Waals surface area contributed by atoms with Gasteiger partial charge in [-0.3, -0.25) is 14.9 Å². The Morgan fingerprint density at radius 1 is 1.25 bits per heavy atom. The molecule has 2 aromatic carbocycles. The van der Waals surface area contributed by atoms with Crippen LogP contribution in [0.15, 0.2) is 34.8 Å². The van der Waals surface area contributed by atoms with Gasteiger partial charge in [-0.05, 0) is 25.1 Å². The molecule has 0 aliphatic carbocycles. The number of ether oxygens (including phenoxy) is 2. The summed E-state index contributed by atoms with van der Waals surface area (Å²) in [5.74, 6) is -0.827. The van der Waals surface area contributed by atoms with E-state index >= 15 is 0 Å². The van der Waals surface area contributed by atoms with Gasteiger partial charge in [-0.25, -0.2) is 0 Å². The van der Waals surface area contributed by atoms with Crippen LogP contribution in [0.1, 0.15) is 22.8 Å². The summed E-state index contributed by atoms with van der Waals surface area (Å²) in [5, 5.41) is 13.6. The Bertz CT molecular complexity index is 918. The third-order valence-electron chi connectivity index (χ3n) is 3.55. The first kappa shape index (κ1) is 21.5. The molecule has 0 atom stereocenters. The number of hydrogen-bond donors (Lipinski definition) is 1. The van der Waals surface area contributed by atoms with Crippen molar-refractivity contribution in [3.63, 3.8) is 0 Å². The first-order valence-corrected chi connectivity index (χ1v) is 8.55. The van der Waals surface area contributed by atoms with Crippen LogP contribution in [0, 0.1) is 10.1 Å². The highest BCUT2D eigenvalue weighted by atomic mass is 79.9. The number of methoxy groups -OCH3 is 1. The van der Waals surface area contributed by atoms with Crippen LogP contribution >= 0.6 is 15.9 Å². The Hall–Kier alpha value is -2.82. The fraction of sp³-hybridized carbons (Fsp3) is 0.235. The van der Waals surface area contributed by atoms with Gasteiger partial charge in [-0.15, -0.1) is 0 Å². The maximum atomic E-state index is 13.0. The zero-order chi connectivity index (χ0) is 21.1. The van der Waals surface area contributed by atoms with E-state index in [1.165, 1.54) is 13.2 Å². The number of nitrogens with zero attached hydrogens (tertiary/aromatic N) is 1. The van der Waals surface area contributed by atoms with Gasteiger partial charge in [-0.2, -0.15) is 13.2 Å². The molecule has 0 heterocycles. The molecule has 1 N–H and O–H groups in total. The third-order valence-corrected chi connectivity index (χ3v) is 4.24. The normalized spacial score (nSPS) is 11.1. The average Bonchev–Trinajstić information content (AvgIpc) is 2.62. The van der Waals surface area contributed by atoms with Crippen LogP contribution in [0.4, 0.5) is 24.5 Å². The Balaban J connectivity index is 2.46. The number of carbonyl (C=O) groups is 1. The van der Waals surface area contributed by atoms with E-state index in [4.69, 9.17) is 9.47 Å². The van der Waals surface area contributed by atoms with Gasteiger partial charge in [0.1, 0.15) is 5.56 Å². The minimum absolute atomic E-state index is 0.0492. The van der Waals surface area contributed by atoms with Gasteiger partial charge in [0.2, 0.25) is 0 Å². The Morgan fingerprint density at radius 3 is 2.46 bits per heavy atom. The van der Waals surface area contributed by atoms with Crippen molar-refractivity contribution in [1.29, 1.82) is 0 Å². The van der Waals surface area contributed by atoms with E-state index < -0.39 is 28.3 Å². The van der Waals surface area contributed by atoms with Gasteiger partial charge >= 0.3 is 6.18 Å². The molecule has 1 amide bonds. The summed E-state index contributed by atoms with van der Waals surface area (Å²) in [6, 6.07) is 5.20. The molecule has 0 aromatic heterocycles. The highest BCUT2D eigenvalue weighted by Gasteiger charge is 2.33. The molecule has 150 valence electrons. The summed E-state index contributed by atoms with van der Waals surface area (Å²) in [6.07, 6.45) is -4.65. The van der Waals surface area contributed by atoms with Crippen LogP contribution in [-0.4, -0.2) is 24.5 Å². The van der Waals surface area contributed by atoms with E-state index in [0.29, 0.717) is 0 Å². The van der Waals surface area contributed by atoms with Gasteiger partial charge in [0.05, 0.1) is 30.3 Å². The topological polar surface area (TPSA) is 90.7 Å². The van der Waals surface area contributed by atoms with E-state index in [0.717, 1.165) is 24.3 Å². The van der Waals surface area contributed by atoms with Crippen molar-refractivity contribution >= 4 is 33.2 Å². The molecule has 0 saturated carbocycles. The minimum Gasteiger partial charge on any atom is -0.493 e. The van der Waals surface area contributed by atoms with Crippen LogP contribution in [-0.2, 0) is 6.18 Å². The third kappa shape index (κ3) is 4.71. The number of hydrogen-bond acceptors (Lipinski definition) is 5. The summed E-state index contributed by atoms with van der Waals surface area (Å²) in [5.41, 5.74) is -2.13. The summed E-state index contributed by atoms with van der Waals surface area (Å²) >= 11 is 2.80. The van der Waals surface area contributed by atoms with Crippen molar-refractivity contribution < 1.29 is 32.4 Å². The van der Waals surface area contributed by atoms with Gasteiger partial charge in [-0.1, -0.05) is 15.9 Å². The molecule has 0 spiro atoms. The minimum atomic E-state index is -4.65. The van der Waals surface area contributed by atoms with E-state index in [9.17, 15) is 28.1 Å². The molecule has 0 aliphatic rings. The van der Waals surface area contributed by atoms with Crippen LogP contribution in [0.2, 0.25) is 0 Å². The zero-order valence-corrected chi connectivity index (χ0v) is 16.2. The van der Waals surface area contributed by atoms with E-state index in [-0.39, 0.29) is 33.8 Å². The number of anilines is 1. The predicted octanol–water partition coefficient (Wildman–Crippen LogP) is 5.04. The molecule has 0 bridgehead atoms. The number of nitro benzene ring substituents is 1. The van der Waals surface area contributed by atoms with E-state index in [1.54, 1.807) is 6.92 Å². The highest BCUT2D eigenvalue weighted by molar-refractivity contribution is 9.10. The fourth-order valence-electron chi connectivity index (χ4n) is 2.33. The van der Waals surface area contributed by atoms with Crippen LogP contribution in [0.3, 0.4) is 0 Å². The summed E-state index contributed by atoms with van der Waals surface area (Å²) in [6.45, 7) is 1.87. The van der Waals surface area contributed by atoms with Crippen molar-refractivity contribution in [3.8, 4) is 11.5 Å². The molecule has 0 radical (unpaired) electrons. The number of amides is 1. The molecule has 11 heteroatoms. The van der Waals surface area contributed by atoms with E-state index in [2.05, 4.69) is 21.2 Å². The number of alkyl halides is 3. The molecule has 0 unspecified atom stereocenters. The second-order valence-corrected chi connectivity index (χ2v) is 6.21. The molecule has 0 fully saturated rings. The van der Waals surface area contributed by atoms with Crippen LogP contribution in [0.5, 0.6) is 11.5 Å². The number of halogens is 4. The van der Waals surface area contributed by atoms with Crippen molar-refractivity contribution in [2.45, 2.75) is 13.1 Å². The first-order chi connectivity index (χ1) is 13.1. The molecular formula is C17H14BrF3N2O5. The maximum absolute atomic E-state index is 13.0. The van der Waals surface area contributed by atoms with Crippen molar-refractivity contribution in [2.75, 3.05) is 19.0 Å². The smallest absolute Gasteiger partial charge is 0.417 e. The molecule has 7 nitrogen and oxygen atoms in total. The van der Waals surface area contributed by atoms with Crippen LogP contribution < -0.4 is 14.8 Å². The molecular weight excluding hydrogens is 449 g/mol. The number of nitrogens with one attached hydrogen (secondary N) is 1. The molecule has 2 rings (SSSR count). The quantitative estimate of drug-likeness (QED) is 0.479. The summed E-state index contributed by atoms with van der Waals surface area (Å²) in [7, 11) is 1.28. The van der Waals surface area contributed by atoms with Crippen molar-refractivity contribution in [3.05, 3.63) is 56.0 Å². The monoisotopic (exact) mass is 462 g/mol. The lowest BCUT2D eigenvalue weighted by molar-refractivity contribution is -0.385. The van der Waals surface area contributed by atoms with Gasteiger partial charge in [0.25, 0.3) is 11.6 Å². The number of rotatable bonds is 6. The van der Waals surface area contributed by atoms with Crippen molar-refractivity contribution in [2.24, 2.45) is 0 Å². The van der Waals surface area contributed by atoms with Gasteiger partial charge < -0.3 is 14.8 Å². The second-order valence-electron chi connectivity index (χ2n) is 5.36. The lowest BCUT2D eigenvalue weighted by atomic mass is 10.1.